The third kappa shape index (κ3) is 2.38. The number of anilines is 1. The molecular weight excluding hydrogens is 272 g/mol. The van der Waals surface area contributed by atoms with Crippen LogP contribution in [0.5, 0.6) is 0 Å². The Morgan fingerprint density at radius 3 is 3.10 bits per heavy atom. The maximum Gasteiger partial charge on any atom is 0.326 e. The maximum absolute atomic E-state index is 11.4. The van der Waals surface area contributed by atoms with Crippen molar-refractivity contribution < 1.29 is 9.90 Å². The molecule has 5 heteroatoms. The Kier molecular flexibility index (Phi) is 3.61. The lowest BCUT2D eigenvalue weighted by Gasteiger charge is -2.32. The van der Waals surface area contributed by atoms with Gasteiger partial charge >= 0.3 is 5.97 Å². The molecule has 2 aromatic rings. The van der Waals surface area contributed by atoms with Crippen LogP contribution in [0, 0.1) is 0 Å². The average Bonchev–Trinajstić information content (AvgIpc) is 2.89. The van der Waals surface area contributed by atoms with E-state index in [1.54, 1.807) is 11.3 Å². The SMILES string of the molecule is CCc1ccc2nc(N3CCCCC3C(=O)O)sc2c1. The zero-order valence-corrected chi connectivity index (χ0v) is 12.3. The van der Waals surface area contributed by atoms with E-state index < -0.39 is 12.0 Å². The minimum Gasteiger partial charge on any atom is -0.480 e. The van der Waals surface area contributed by atoms with Gasteiger partial charge in [0.05, 0.1) is 10.2 Å². The highest BCUT2D eigenvalue weighted by atomic mass is 32.1. The van der Waals surface area contributed by atoms with Gasteiger partial charge in [-0.2, -0.15) is 0 Å². The van der Waals surface area contributed by atoms with Crippen molar-refractivity contribution >= 4 is 32.7 Å². The predicted octanol–water partition coefficient (Wildman–Crippen LogP) is 3.30. The van der Waals surface area contributed by atoms with Crippen LogP contribution < -0.4 is 4.90 Å². The number of fused-ring (bicyclic) bond motifs is 1. The lowest BCUT2D eigenvalue weighted by atomic mass is 10.0. The van der Waals surface area contributed by atoms with E-state index in [1.807, 2.05) is 11.0 Å². The molecule has 0 bridgehead atoms. The number of hydrogen-bond acceptors (Lipinski definition) is 4. The second-order valence-corrected chi connectivity index (χ2v) is 6.20. The van der Waals surface area contributed by atoms with Gasteiger partial charge in [-0.05, 0) is 43.4 Å². The summed E-state index contributed by atoms with van der Waals surface area (Å²) in [6.07, 6.45) is 3.74. The smallest absolute Gasteiger partial charge is 0.326 e. The number of carbonyl (C=O) groups is 1. The number of carboxylic acids is 1. The van der Waals surface area contributed by atoms with Crippen molar-refractivity contribution in [1.29, 1.82) is 0 Å². The van der Waals surface area contributed by atoms with Crippen molar-refractivity contribution in [3.05, 3.63) is 23.8 Å². The molecule has 1 fully saturated rings. The van der Waals surface area contributed by atoms with Crippen molar-refractivity contribution in [3.8, 4) is 0 Å². The third-order valence-electron chi connectivity index (χ3n) is 3.88. The van der Waals surface area contributed by atoms with E-state index in [4.69, 9.17) is 0 Å². The summed E-state index contributed by atoms with van der Waals surface area (Å²) in [4.78, 5) is 18.0. The van der Waals surface area contributed by atoms with E-state index in [0.29, 0.717) is 6.42 Å². The Balaban J connectivity index is 1.97. The van der Waals surface area contributed by atoms with Crippen molar-refractivity contribution in [3.63, 3.8) is 0 Å². The highest BCUT2D eigenvalue weighted by Crippen LogP contribution is 2.33. The van der Waals surface area contributed by atoms with E-state index in [2.05, 4.69) is 24.0 Å². The molecule has 1 aliphatic heterocycles. The maximum atomic E-state index is 11.4. The molecule has 0 aliphatic carbocycles. The fourth-order valence-corrected chi connectivity index (χ4v) is 3.82. The predicted molar refractivity (Wildman–Crippen MR) is 81.6 cm³/mol. The number of nitrogens with zero attached hydrogens (tertiary/aromatic N) is 2. The van der Waals surface area contributed by atoms with Crippen LogP contribution in [0.1, 0.15) is 31.7 Å². The topological polar surface area (TPSA) is 53.4 Å². The first-order valence-electron chi connectivity index (χ1n) is 7.08. The summed E-state index contributed by atoms with van der Waals surface area (Å²) in [5.74, 6) is -0.738. The largest absolute Gasteiger partial charge is 0.480 e. The molecule has 1 atom stereocenters. The van der Waals surface area contributed by atoms with Gasteiger partial charge in [0.25, 0.3) is 0 Å². The van der Waals surface area contributed by atoms with Crippen molar-refractivity contribution in [1.82, 2.24) is 4.98 Å². The van der Waals surface area contributed by atoms with Crippen molar-refractivity contribution in [2.24, 2.45) is 0 Å². The third-order valence-corrected chi connectivity index (χ3v) is 4.94. The molecule has 1 N–H and O–H groups in total. The van der Waals surface area contributed by atoms with Crippen LogP contribution in [0.3, 0.4) is 0 Å². The number of piperidine rings is 1. The number of rotatable bonds is 3. The van der Waals surface area contributed by atoms with Gasteiger partial charge < -0.3 is 10.0 Å². The van der Waals surface area contributed by atoms with Gasteiger partial charge in [0, 0.05) is 6.54 Å². The molecule has 1 aromatic carbocycles. The molecule has 1 aromatic heterocycles. The summed E-state index contributed by atoms with van der Waals surface area (Å²) in [5, 5.41) is 10.2. The summed E-state index contributed by atoms with van der Waals surface area (Å²) in [6.45, 7) is 2.92. The molecule has 0 amide bonds. The molecule has 1 unspecified atom stereocenters. The van der Waals surface area contributed by atoms with Gasteiger partial charge in [-0.25, -0.2) is 9.78 Å². The Hall–Kier alpha value is -1.62. The van der Waals surface area contributed by atoms with Gasteiger partial charge in [0.2, 0.25) is 0 Å². The molecule has 106 valence electrons. The van der Waals surface area contributed by atoms with Gasteiger partial charge in [-0.1, -0.05) is 24.3 Å². The van der Waals surface area contributed by atoms with E-state index >= 15 is 0 Å². The van der Waals surface area contributed by atoms with E-state index in [9.17, 15) is 9.90 Å². The fraction of sp³-hybridized carbons (Fsp3) is 0.467. The van der Waals surface area contributed by atoms with Gasteiger partial charge in [-0.3, -0.25) is 0 Å². The summed E-state index contributed by atoms with van der Waals surface area (Å²) in [6, 6.07) is 5.87. The Morgan fingerprint density at radius 1 is 1.50 bits per heavy atom. The number of aromatic nitrogens is 1. The lowest BCUT2D eigenvalue weighted by molar-refractivity contribution is -0.139. The van der Waals surface area contributed by atoms with Gasteiger partial charge in [0.15, 0.2) is 5.13 Å². The second-order valence-electron chi connectivity index (χ2n) is 5.20. The minimum atomic E-state index is -0.738. The minimum absolute atomic E-state index is 0.421. The number of aryl methyl sites for hydroxylation is 1. The molecule has 0 saturated carbocycles. The van der Waals surface area contributed by atoms with Crippen LogP contribution in [0.25, 0.3) is 10.2 Å². The molecule has 4 nitrogen and oxygen atoms in total. The summed E-state index contributed by atoms with van der Waals surface area (Å²) >= 11 is 1.61. The highest BCUT2D eigenvalue weighted by molar-refractivity contribution is 7.22. The normalized spacial score (nSPS) is 19.4. The second kappa shape index (κ2) is 5.40. The first kappa shape index (κ1) is 13.4. The lowest BCUT2D eigenvalue weighted by Crippen LogP contribution is -2.44. The van der Waals surface area contributed by atoms with Crippen LogP contribution in [0.4, 0.5) is 5.13 Å². The summed E-state index contributed by atoms with van der Waals surface area (Å²) in [7, 11) is 0. The molecule has 3 rings (SSSR count). The first-order valence-corrected chi connectivity index (χ1v) is 7.89. The van der Waals surface area contributed by atoms with Crippen LogP contribution in [0.15, 0.2) is 18.2 Å². The summed E-state index contributed by atoms with van der Waals surface area (Å²) < 4.78 is 1.15. The average molecular weight is 290 g/mol. The molecule has 20 heavy (non-hydrogen) atoms. The number of thiazole rings is 1. The van der Waals surface area contributed by atoms with Gasteiger partial charge in [-0.15, -0.1) is 0 Å². The molecule has 1 saturated heterocycles. The van der Waals surface area contributed by atoms with E-state index in [1.165, 1.54) is 5.56 Å². The molecule has 0 spiro atoms. The van der Waals surface area contributed by atoms with Crippen LogP contribution in [-0.4, -0.2) is 28.6 Å². The zero-order valence-electron chi connectivity index (χ0n) is 11.5. The Morgan fingerprint density at radius 2 is 2.35 bits per heavy atom. The summed E-state index contributed by atoms with van der Waals surface area (Å²) in [5.41, 5.74) is 2.26. The van der Waals surface area contributed by atoms with Crippen LogP contribution in [0.2, 0.25) is 0 Å². The fourth-order valence-electron chi connectivity index (χ4n) is 2.72. The molecular formula is C15H18N2O2S. The van der Waals surface area contributed by atoms with E-state index in [-0.39, 0.29) is 0 Å². The van der Waals surface area contributed by atoms with Crippen molar-refractivity contribution in [2.75, 3.05) is 11.4 Å². The molecule has 0 radical (unpaired) electrons. The number of aliphatic carboxylic acids is 1. The number of hydrogen-bond donors (Lipinski definition) is 1. The first-order chi connectivity index (χ1) is 9.69. The molecule has 2 heterocycles. The Bertz CT molecular complexity index is 638. The Labute approximate surface area is 122 Å². The number of benzene rings is 1. The highest BCUT2D eigenvalue weighted by Gasteiger charge is 2.30. The van der Waals surface area contributed by atoms with Gasteiger partial charge in [0.1, 0.15) is 6.04 Å². The molecule has 1 aliphatic rings. The van der Waals surface area contributed by atoms with E-state index in [0.717, 1.165) is 41.2 Å². The standard InChI is InChI=1S/C15H18N2O2S/c1-2-10-6-7-11-13(9-10)20-15(16-11)17-8-4-3-5-12(17)14(18)19/h6-7,9,12H,2-5,8H2,1H3,(H,18,19). The zero-order chi connectivity index (χ0) is 14.1. The van der Waals surface area contributed by atoms with Crippen LogP contribution in [-0.2, 0) is 11.2 Å². The van der Waals surface area contributed by atoms with Crippen LogP contribution >= 0.6 is 11.3 Å². The van der Waals surface area contributed by atoms with Crippen molar-refractivity contribution in [2.45, 2.75) is 38.6 Å². The number of carboxylic acid groups (broad SMARTS) is 1. The monoisotopic (exact) mass is 290 g/mol. The quantitative estimate of drug-likeness (QED) is 0.942.